The molecule has 2 aromatic rings. The Morgan fingerprint density at radius 3 is 2.60 bits per heavy atom. The van der Waals surface area contributed by atoms with Crippen LogP contribution in [0.25, 0.3) is 5.57 Å². The third-order valence-corrected chi connectivity index (χ3v) is 11.8. The lowest BCUT2D eigenvalue weighted by Crippen LogP contribution is -2.42. The number of aryl methyl sites for hydroxylation is 1. The first kappa shape index (κ1) is 33.3. The molecule has 2 heterocycles. The van der Waals surface area contributed by atoms with Crippen LogP contribution < -0.4 is 0 Å². The number of allylic oxidation sites excluding steroid dienone is 2. The molecule has 1 saturated heterocycles. The topological polar surface area (TPSA) is 115 Å². The van der Waals surface area contributed by atoms with E-state index in [9.17, 15) is 18.5 Å². The van der Waals surface area contributed by atoms with Gasteiger partial charge in [-0.3, -0.25) is 4.79 Å². The lowest BCUT2D eigenvalue weighted by molar-refractivity contribution is 0.0730. The van der Waals surface area contributed by atoms with Crippen LogP contribution in [0.15, 0.2) is 30.5 Å². The van der Waals surface area contributed by atoms with Crippen LogP contribution in [0, 0.1) is 16.7 Å². The van der Waals surface area contributed by atoms with E-state index < -0.39 is 18.1 Å². The molecule has 4 rings (SSSR count). The van der Waals surface area contributed by atoms with Gasteiger partial charge in [0.25, 0.3) is 0 Å². The minimum Gasteiger partial charge on any atom is -0.379 e. The molecule has 1 fully saturated rings. The number of aromatic nitrogens is 2. The van der Waals surface area contributed by atoms with E-state index in [1.54, 1.807) is 10.8 Å². The molecular formula is C32H46N4O5SSi. The Labute approximate surface area is 258 Å². The summed E-state index contributed by atoms with van der Waals surface area (Å²) >= 11 is 0. The van der Waals surface area contributed by atoms with Crippen molar-refractivity contribution in [1.82, 2.24) is 13.9 Å². The van der Waals surface area contributed by atoms with Gasteiger partial charge in [0.2, 0.25) is 15.8 Å². The van der Waals surface area contributed by atoms with Crippen molar-refractivity contribution < 1.29 is 22.7 Å². The molecule has 234 valence electrons. The number of nitrogens with zero attached hydrogens (tertiary/aromatic N) is 4. The summed E-state index contributed by atoms with van der Waals surface area (Å²) in [5.74, 6) is 0.0638. The molecule has 0 amide bonds. The second-order valence-corrected chi connectivity index (χ2v) is 21.4. The fourth-order valence-corrected chi connectivity index (χ4v) is 7.55. The monoisotopic (exact) mass is 626 g/mol. The van der Waals surface area contributed by atoms with E-state index in [2.05, 4.69) is 50.6 Å². The number of hydrogen-bond donors (Lipinski definition) is 0. The number of sulfonamides is 1. The molecule has 1 aromatic heterocycles. The number of imidazole rings is 1. The van der Waals surface area contributed by atoms with Crippen LogP contribution in [0.4, 0.5) is 0 Å². The van der Waals surface area contributed by atoms with Crippen molar-refractivity contribution in [3.8, 4) is 6.07 Å². The summed E-state index contributed by atoms with van der Waals surface area (Å²) in [5, 5.41) is 9.47. The predicted octanol–water partition coefficient (Wildman–Crippen LogP) is 5.29. The fraction of sp³-hybridized carbons (Fsp3) is 0.594. The summed E-state index contributed by atoms with van der Waals surface area (Å²) in [6.07, 6.45) is 7.22. The Balaban J connectivity index is 1.55. The first-order chi connectivity index (χ1) is 20.3. The van der Waals surface area contributed by atoms with E-state index in [0.29, 0.717) is 39.3 Å². The van der Waals surface area contributed by atoms with Gasteiger partial charge in [0.15, 0.2) is 11.5 Å². The first-order valence-corrected chi connectivity index (χ1v) is 20.5. The Bertz CT molecular complexity index is 1480. The van der Waals surface area contributed by atoms with Gasteiger partial charge in [0.1, 0.15) is 12.8 Å². The summed E-state index contributed by atoms with van der Waals surface area (Å²) in [6, 6.07) is 9.00. The zero-order valence-electron chi connectivity index (χ0n) is 26.3. The standard InChI is InChI=1S/C32H46N4O5SSi/c1-32(2)11-8-26(9-12-32)29-20-25(10-18-42(38,39)36-13-15-40-16-14-36)6-7-27(29)21-30(37)31-34-28(22-33)23-35(31)24-41-17-19-43(3,4)5/h6-8,20,23H,9-19,21,24H2,1-5H3. The minimum absolute atomic E-state index is 0.0306. The second-order valence-electron chi connectivity index (χ2n) is 13.6. The predicted molar refractivity (Wildman–Crippen MR) is 171 cm³/mol. The number of ether oxygens (including phenoxy) is 2. The normalized spacial score (nSPS) is 17.8. The van der Waals surface area contributed by atoms with Gasteiger partial charge in [-0.2, -0.15) is 9.57 Å². The Hall–Kier alpha value is -2.62. The van der Waals surface area contributed by atoms with E-state index in [-0.39, 0.29) is 41.6 Å². The van der Waals surface area contributed by atoms with Crippen LogP contribution in [0.1, 0.15) is 66.1 Å². The van der Waals surface area contributed by atoms with E-state index in [1.807, 2.05) is 18.2 Å². The van der Waals surface area contributed by atoms with Gasteiger partial charge < -0.3 is 14.0 Å². The number of carbonyl (C=O) groups is 1. The molecule has 2 aliphatic rings. The number of benzene rings is 1. The number of hydrogen-bond acceptors (Lipinski definition) is 7. The highest BCUT2D eigenvalue weighted by molar-refractivity contribution is 7.89. The number of carbonyl (C=O) groups excluding carboxylic acids is 1. The summed E-state index contributed by atoms with van der Waals surface area (Å²) in [6.45, 7) is 13.8. The third kappa shape index (κ3) is 9.43. The first-order valence-electron chi connectivity index (χ1n) is 15.2. The van der Waals surface area contributed by atoms with Crippen molar-refractivity contribution in [2.24, 2.45) is 5.41 Å². The van der Waals surface area contributed by atoms with E-state index in [4.69, 9.17) is 9.47 Å². The molecule has 0 radical (unpaired) electrons. The Morgan fingerprint density at radius 1 is 1.21 bits per heavy atom. The smallest absolute Gasteiger partial charge is 0.214 e. The maximum Gasteiger partial charge on any atom is 0.214 e. The van der Waals surface area contributed by atoms with Crippen LogP contribution in [0.3, 0.4) is 0 Å². The van der Waals surface area contributed by atoms with Crippen molar-refractivity contribution in [3.63, 3.8) is 0 Å². The quantitative estimate of drug-likeness (QED) is 0.169. The SMILES string of the molecule is CC1(C)CC=C(c2cc(CCS(=O)(=O)N3CCOCC3)ccc2CC(=O)c2nc(C#N)cn2COCC[Si](C)(C)C)CC1. The lowest BCUT2D eigenvalue weighted by Gasteiger charge is -2.29. The number of Topliss-reactive ketones (excluding diaryl/α,β-unsaturated/α-hetero) is 1. The van der Waals surface area contributed by atoms with Crippen molar-refractivity contribution in [2.45, 2.75) is 78.4 Å². The van der Waals surface area contributed by atoms with Gasteiger partial charge in [0, 0.05) is 40.4 Å². The average molecular weight is 627 g/mol. The molecule has 9 nitrogen and oxygen atoms in total. The van der Waals surface area contributed by atoms with Crippen LogP contribution >= 0.6 is 0 Å². The van der Waals surface area contributed by atoms with Crippen molar-refractivity contribution in [2.75, 3.05) is 38.7 Å². The summed E-state index contributed by atoms with van der Waals surface area (Å²) < 4.78 is 40.3. The summed E-state index contributed by atoms with van der Waals surface area (Å²) in [7, 11) is -4.65. The molecule has 0 bridgehead atoms. The highest BCUT2D eigenvalue weighted by Crippen LogP contribution is 2.39. The molecule has 0 N–H and O–H groups in total. The molecule has 0 spiro atoms. The van der Waals surface area contributed by atoms with Crippen molar-refractivity contribution in [1.29, 1.82) is 5.26 Å². The summed E-state index contributed by atoms with van der Waals surface area (Å²) in [4.78, 5) is 18.0. The van der Waals surface area contributed by atoms with E-state index in [0.717, 1.165) is 42.0 Å². The Kier molecular flexibility index (Phi) is 10.8. The average Bonchev–Trinajstić information content (AvgIpc) is 3.38. The van der Waals surface area contributed by atoms with Gasteiger partial charge in [-0.15, -0.1) is 0 Å². The van der Waals surface area contributed by atoms with Gasteiger partial charge in [-0.1, -0.05) is 57.8 Å². The number of morpholine rings is 1. The van der Waals surface area contributed by atoms with Gasteiger partial charge in [-0.05, 0) is 59.4 Å². The lowest BCUT2D eigenvalue weighted by atomic mass is 9.76. The third-order valence-electron chi connectivity index (χ3n) is 8.22. The van der Waals surface area contributed by atoms with Crippen molar-refractivity contribution >= 4 is 29.5 Å². The minimum atomic E-state index is -3.39. The summed E-state index contributed by atoms with van der Waals surface area (Å²) in [5.41, 5.74) is 4.40. The van der Waals surface area contributed by atoms with Gasteiger partial charge in [-0.25, -0.2) is 13.4 Å². The van der Waals surface area contributed by atoms with Crippen LogP contribution in [-0.4, -0.2) is 74.8 Å². The number of rotatable bonds is 13. The van der Waals surface area contributed by atoms with Crippen LogP contribution in [0.2, 0.25) is 25.7 Å². The maximum absolute atomic E-state index is 13.7. The zero-order valence-corrected chi connectivity index (χ0v) is 28.1. The Morgan fingerprint density at radius 2 is 1.95 bits per heavy atom. The molecule has 1 aromatic carbocycles. The molecular weight excluding hydrogens is 581 g/mol. The highest BCUT2D eigenvalue weighted by atomic mass is 32.2. The largest absolute Gasteiger partial charge is 0.379 e. The fourth-order valence-electron chi connectivity index (χ4n) is 5.34. The molecule has 11 heteroatoms. The molecule has 43 heavy (non-hydrogen) atoms. The van der Waals surface area contributed by atoms with Crippen LogP contribution in [-0.2, 0) is 39.1 Å². The van der Waals surface area contributed by atoms with Crippen LogP contribution in [0.5, 0.6) is 0 Å². The zero-order chi connectivity index (χ0) is 31.3. The van der Waals surface area contributed by atoms with Gasteiger partial charge in [0.05, 0.1) is 19.0 Å². The molecule has 1 aliphatic heterocycles. The number of ketones is 1. The molecule has 1 aliphatic carbocycles. The highest BCUT2D eigenvalue weighted by Gasteiger charge is 2.26. The molecule has 0 unspecified atom stereocenters. The van der Waals surface area contributed by atoms with E-state index >= 15 is 0 Å². The van der Waals surface area contributed by atoms with Gasteiger partial charge >= 0.3 is 0 Å². The number of nitriles is 1. The maximum atomic E-state index is 13.7. The van der Waals surface area contributed by atoms with Crippen molar-refractivity contribution in [3.05, 3.63) is 58.7 Å². The molecule has 0 atom stereocenters. The molecule has 0 saturated carbocycles. The van der Waals surface area contributed by atoms with E-state index in [1.165, 1.54) is 9.88 Å². The second kappa shape index (κ2) is 14.0.